The van der Waals surface area contributed by atoms with Crippen LogP contribution in [0.2, 0.25) is 0 Å². The zero-order valence-corrected chi connectivity index (χ0v) is 11.7. The van der Waals surface area contributed by atoms with Gasteiger partial charge in [-0.1, -0.05) is 6.92 Å². The van der Waals surface area contributed by atoms with Gasteiger partial charge in [0, 0.05) is 5.75 Å². The molecule has 0 aliphatic heterocycles. The largest absolute Gasteiger partial charge is 0.490 e. The standard InChI is InChI=1S/C12H17NO5S/c1-3-19(15,16)7-6-18-11-8-9(12(14)17-2)4-5-10(11)13/h4-5,8H,3,6-7,13H2,1-2H3. The molecule has 0 spiro atoms. The van der Waals surface area contributed by atoms with E-state index in [2.05, 4.69) is 4.74 Å². The van der Waals surface area contributed by atoms with Crippen LogP contribution >= 0.6 is 0 Å². The molecule has 1 rings (SSSR count). The average Bonchev–Trinajstić information content (AvgIpc) is 2.40. The summed E-state index contributed by atoms with van der Waals surface area (Å²) in [7, 11) is -1.82. The lowest BCUT2D eigenvalue weighted by Gasteiger charge is -2.10. The molecule has 1 aromatic rings. The normalized spacial score (nSPS) is 11.1. The third kappa shape index (κ3) is 4.44. The van der Waals surface area contributed by atoms with E-state index < -0.39 is 15.8 Å². The fraction of sp³-hybridized carbons (Fsp3) is 0.417. The Hall–Kier alpha value is -1.76. The number of ether oxygens (including phenoxy) is 2. The van der Waals surface area contributed by atoms with Gasteiger partial charge >= 0.3 is 5.97 Å². The molecule has 0 amide bonds. The maximum Gasteiger partial charge on any atom is 0.337 e. The molecule has 0 bridgehead atoms. The summed E-state index contributed by atoms with van der Waals surface area (Å²) in [5.74, 6) is -0.264. The topological polar surface area (TPSA) is 95.7 Å². The first-order valence-electron chi connectivity index (χ1n) is 5.70. The lowest BCUT2D eigenvalue weighted by atomic mass is 10.2. The van der Waals surface area contributed by atoms with Crippen molar-refractivity contribution in [3.63, 3.8) is 0 Å². The Balaban J connectivity index is 2.75. The molecule has 0 atom stereocenters. The first kappa shape index (κ1) is 15.3. The highest BCUT2D eigenvalue weighted by Crippen LogP contribution is 2.23. The maximum absolute atomic E-state index is 11.3. The van der Waals surface area contributed by atoms with Crippen molar-refractivity contribution in [2.24, 2.45) is 0 Å². The Bertz CT molecular complexity index is 553. The van der Waals surface area contributed by atoms with Crippen molar-refractivity contribution in [3.8, 4) is 5.75 Å². The number of anilines is 1. The van der Waals surface area contributed by atoms with Crippen LogP contribution in [0.1, 0.15) is 17.3 Å². The van der Waals surface area contributed by atoms with E-state index in [0.717, 1.165) is 0 Å². The Morgan fingerprint density at radius 2 is 2.05 bits per heavy atom. The number of sulfone groups is 1. The minimum absolute atomic E-state index is 0.00893. The molecule has 106 valence electrons. The molecule has 0 radical (unpaired) electrons. The molecule has 19 heavy (non-hydrogen) atoms. The van der Waals surface area contributed by atoms with Gasteiger partial charge in [-0.25, -0.2) is 13.2 Å². The molecule has 0 heterocycles. The van der Waals surface area contributed by atoms with Gasteiger partial charge in [0.25, 0.3) is 0 Å². The van der Waals surface area contributed by atoms with Gasteiger partial charge in [0.05, 0.1) is 24.1 Å². The number of methoxy groups -OCH3 is 1. The van der Waals surface area contributed by atoms with Crippen molar-refractivity contribution < 1.29 is 22.7 Å². The van der Waals surface area contributed by atoms with Crippen molar-refractivity contribution in [2.75, 3.05) is 31.0 Å². The molecule has 1 aromatic carbocycles. The fourth-order valence-electron chi connectivity index (χ4n) is 1.33. The SMILES string of the molecule is CCS(=O)(=O)CCOc1cc(C(=O)OC)ccc1N. The van der Waals surface area contributed by atoms with Gasteiger partial charge in [0.2, 0.25) is 0 Å². The number of benzene rings is 1. The number of carbonyl (C=O) groups excluding carboxylic acids is 1. The zero-order valence-electron chi connectivity index (χ0n) is 10.9. The van der Waals surface area contributed by atoms with Crippen molar-refractivity contribution in [3.05, 3.63) is 23.8 Å². The second-order valence-electron chi connectivity index (χ2n) is 3.83. The fourth-order valence-corrected chi connectivity index (χ4v) is 1.95. The predicted molar refractivity (Wildman–Crippen MR) is 72.0 cm³/mol. The molecule has 0 aliphatic rings. The monoisotopic (exact) mass is 287 g/mol. The van der Waals surface area contributed by atoms with Crippen molar-refractivity contribution >= 4 is 21.5 Å². The van der Waals surface area contributed by atoms with Crippen LogP contribution in [0.15, 0.2) is 18.2 Å². The van der Waals surface area contributed by atoms with Gasteiger partial charge in [0.15, 0.2) is 9.84 Å². The Labute approximate surface area is 112 Å². The van der Waals surface area contributed by atoms with Crippen LogP contribution in [-0.4, -0.2) is 39.6 Å². The summed E-state index contributed by atoms with van der Waals surface area (Å²) in [5, 5.41) is 0. The minimum Gasteiger partial charge on any atom is -0.490 e. The van der Waals surface area contributed by atoms with Crippen LogP contribution < -0.4 is 10.5 Å². The van der Waals surface area contributed by atoms with E-state index in [1.165, 1.54) is 25.3 Å². The van der Waals surface area contributed by atoms with Crippen LogP contribution in [0.5, 0.6) is 5.75 Å². The summed E-state index contributed by atoms with van der Waals surface area (Å²) in [5.41, 5.74) is 6.32. The molecule has 0 unspecified atom stereocenters. The third-order valence-corrected chi connectivity index (χ3v) is 4.19. The second kappa shape index (κ2) is 6.42. The van der Waals surface area contributed by atoms with E-state index in [0.29, 0.717) is 11.3 Å². The summed E-state index contributed by atoms with van der Waals surface area (Å²) in [6, 6.07) is 4.45. The summed E-state index contributed by atoms with van der Waals surface area (Å²) >= 11 is 0. The van der Waals surface area contributed by atoms with Gasteiger partial charge in [0.1, 0.15) is 12.4 Å². The van der Waals surface area contributed by atoms with Crippen molar-refractivity contribution in [1.29, 1.82) is 0 Å². The maximum atomic E-state index is 11.3. The molecule has 0 saturated carbocycles. The van der Waals surface area contributed by atoms with E-state index in [1.54, 1.807) is 6.92 Å². The lowest BCUT2D eigenvalue weighted by molar-refractivity contribution is 0.0600. The first-order chi connectivity index (χ1) is 8.89. The van der Waals surface area contributed by atoms with Crippen LogP contribution in [-0.2, 0) is 14.6 Å². The number of rotatable bonds is 6. The Morgan fingerprint density at radius 1 is 1.37 bits per heavy atom. The van der Waals surface area contributed by atoms with Gasteiger partial charge in [-0.2, -0.15) is 0 Å². The lowest BCUT2D eigenvalue weighted by Crippen LogP contribution is -2.16. The molecule has 6 nitrogen and oxygen atoms in total. The molecular weight excluding hydrogens is 270 g/mol. The van der Waals surface area contributed by atoms with E-state index in [9.17, 15) is 13.2 Å². The average molecular weight is 287 g/mol. The number of nitrogen functional groups attached to an aromatic ring is 1. The number of carbonyl (C=O) groups is 1. The first-order valence-corrected chi connectivity index (χ1v) is 7.53. The number of nitrogens with two attached hydrogens (primary N) is 1. The number of hydrogen-bond donors (Lipinski definition) is 1. The van der Waals surface area contributed by atoms with Gasteiger partial charge in [-0.05, 0) is 18.2 Å². The quantitative estimate of drug-likeness (QED) is 0.616. The van der Waals surface area contributed by atoms with Crippen molar-refractivity contribution in [1.82, 2.24) is 0 Å². The van der Waals surface area contributed by atoms with Gasteiger partial charge in [-0.3, -0.25) is 0 Å². The van der Waals surface area contributed by atoms with Crippen LogP contribution in [0, 0.1) is 0 Å². The third-order valence-electron chi connectivity index (χ3n) is 2.53. The van der Waals surface area contributed by atoms with Gasteiger partial charge in [-0.15, -0.1) is 0 Å². The minimum atomic E-state index is -3.09. The summed E-state index contributed by atoms with van der Waals surface area (Å²) in [4.78, 5) is 11.3. The summed E-state index contributed by atoms with van der Waals surface area (Å²) in [6.07, 6.45) is 0. The van der Waals surface area contributed by atoms with E-state index in [1.807, 2.05) is 0 Å². The van der Waals surface area contributed by atoms with Crippen LogP contribution in [0.25, 0.3) is 0 Å². The second-order valence-corrected chi connectivity index (χ2v) is 6.30. The van der Waals surface area contributed by atoms with E-state index in [4.69, 9.17) is 10.5 Å². The zero-order chi connectivity index (χ0) is 14.5. The Morgan fingerprint density at radius 3 is 2.63 bits per heavy atom. The summed E-state index contributed by atoms with van der Waals surface area (Å²) < 4.78 is 32.5. The van der Waals surface area contributed by atoms with E-state index in [-0.39, 0.29) is 23.9 Å². The molecule has 2 N–H and O–H groups in total. The van der Waals surface area contributed by atoms with Crippen LogP contribution in [0.4, 0.5) is 5.69 Å². The molecule has 0 saturated heterocycles. The highest BCUT2D eigenvalue weighted by Gasteiger charge is 2.11. The number of esters is 1. The highest BCUT2D eigenvalue weighted by molar-refractivity contribution is 7.91. The van der Waals surface area contributed by atoms with E-state index >= 15 is 0 Å². The molecule has 7 heteroatoms. The molecule has 0 fully saturated rings. The Kier molecular flexibility index (Phi) is 5.17. The van der Waals surface area contributed by atoms with Crippen molar-refractivity contribution in [2.45, 2.75) is 6.92 Å². The van der Waals surface area contributed by atoms with Crippen LogP contribution in [0.3, 0.4) is 0 Å². The highest BCUT2D eigenvalue weighted by atomic mass is 32.2. The smallest absolute Gasteiger partial charge is 0.337 e. The molecule has 0 aromatic heterocycles. The number of hydrogen-bond acceptors (Lipinski definition) is 6. The molecular formula is C12H17NO5S. The molecule has 0 aliphatic carbocycles. The van der Waals surface area contributed by atoms with Gasteiger partial charge < -0.3 is 15.2 Å². The predicted octanol–water partition coefficient (Wildman–Crippen LogP) is 0.869. The summed E-state index contributed by atoms with van der Waals surface area (Å²) in [6.45, 7) is 1.56.